The quantitative estimate of drug-likeness (QED) is 0.550. The Bertz CT molecular complexity index is 647. The van der Waals surface area contributed by atoms with Crippen molar-refractivity contribution in [2.24, 2.45) is 0 Å². The Morgan fingerprint density at radius 1 is 1.20 bits per heavy atom. The molecule has 136 valence electrons. The van der Waals surface area contributed by atoms with Gasteiger partial charge in [-0.1, -0.05) is 17.7 Å². The Labute approximate surface area is 153 Å². The fourth-order valence-electron chi connectivity index (χ4n) is 2.74. The van der Waals surface area contributed by atoms with Gasteiger partial charge in [0.25, 0.3) is 5.91 Å². The van der Waals surface area contributed by atoms with Gasteiger partial charge in [0, 0.05) is 37.8 Å². The molecule has 25 heavy (non-hydrogen) atoms. The van der Waals surface area contributed by atoms with Crippen molar-refractivity contribution in [2.45, 2.75) is 31.2 Å². The number of hydrogen-bond donors (Lipinski definition) is 0. The third-order valence-corrected chi connectivity index (χ3v) is 5.42. The highest BCUT2D eigenvalue weighted by atomic mass is 32.2. The third kappa shape index (κ3) is 4.54. The van der Waals surface area contributed by atoms with Crippen molar-refractivity contribution in [1.29, 1.82) is 0 Å². The zero-order valence-electron chi connectivity index (χ0n) is 15.2. The van der Waals surface area contributed by atoms with Crippen LogP contribution in [-0.2, 0) is 9.59 Å². The lowest BCUT2D eigenvalue weighted by molar-refractivity contribution is -0.136. The van der Waals surface area contributed by atoms with Gasteiger partial charge in [0.1, 0.15) is 6.04 Å². The number of likely N-dealkylation sites (N-methyl/N-ethyl adjacent to an activating group) is 2. The summed E-state index contributed by atoms with van der Waals surface area (Å²) in [6.07, 6.45) is 0.0362. The summed E-state index contributed by atoms with van der Waals surface area (Å²) in [5.41, 5.74) is 1.22. The van der Waals surface area contributed by atoms with Gasteiger partial charge >= 0.3 is 6.03 Å². The molecule has 1 atom stereocenters. The topological polar surface area (TPSA) is 60.9 Å². The maximum atomic E-state index is 12.5. The molecule has 1 aromatic carbocycles. The molecule has 1 fully saturated rings. The highest BCUT2D eigenvalue weighted by Gasteiger charge is 2.42. The number of thioether (sulfide) groups is 1. The van der Waals surface area contributed by atoms with Crippen molar-refractivity contribution in [2.75, 3.05) is 32.9 Å². The molecule has 0 aliphatic carbocycles. The predicted molar refractivity (Wildman–Crippen MR) is 98.5 cm³/mol. The fourth-order valence-corrected chi connectivity index (χ4v) is 3.62. The van der Waals surface area contributed by atoms with Crippen LogP contribution in [0.2, 0.25) is 0 Å². The number of benzene rings is 1. The van der Waals surface area contributed by atoms with Crippen LogP contribution < -0.4 is 0 Å². The van der Waals surface area contributed by atoms with Gasteiger partial charge in [-0.2, -0.15) is 0 Å². The molecular weight excluding hydrogens is 338 g/mol. The maximum Gasteiger partial charge on any atom is 0.326 e. The van der Waals surface area contributed by atoms with Gasteiger partial charge in [-0.25, -0.2) is 4.79 Å². The zero-order valence-corrected chi connectivity index (χ0v) is 16.0. The molecular formula is C18H25N3O3S. The summed E-state index contributed by atoms with van der Waals surface area (Å²) in [4.78, 5) is 41.7. The summed E-state index contributed by atoms with van der Waals surface area (Å²) >= 11 is 1.70. The lowest BCUT2D eigenvalue weighted by atomic mass is 10.1. The van der Waals surface area contributed by atoms with E-state index >= 15 is 0 Å². The Hall–Kier alpha value is -2.02. The first kappa shape index (κ1) is 19.3. The van der Waals surface area contributed by atoms with E-state index in [0.29, 0.717) is 13.1 Å². The van der Waals surface area contributed by atoms with E-state index in [9.17, 15) is 14.4 Å². The second-order valence-electron chi connectivity index (χ2n) is 6.15. The largest absolute Gasteiger partial charge is 0.342 e. The van der Waals surface area contributed by atoms with Crippen molar-refractivity contribution in [3.63, 3.8) is 0 Å². The molecule has 7 heteroatoms. The van der Waals surface area contributed by atoms with Gasteiger partial charge in [-0.15, -0.1) is 11.8 Å². The fraction of sp³-hybridized carbons (Fsp3) is 0.500. The number of urea groups is 1. The summed E-state index contributed by atoms with van der Waals surface area (Å²) in [5.74, 6) is 0.377. The first-order chi connectivity index (χ1) is 11.8. The van der Waals surface area contributed by atoms with Crippen LogP contribution in [0.4, 0.5) is 4.79 Å². The van der Waals surface area contributed by atoms with Crippen LogP contribution in [0.3, 0.4) is 0 Å². The van der Waals surface area contributed by atoms with Crippen LogP contribution >= 0.6 is 11.8 Å². The number of hydrogen-bond acceptors (Lipinski definition) is 4. The van der Waals surface area contributed by atoms with Crippen molar-refractivity contribution < 1.29 is 14.4 Å². The van der Waals surface area contributed by atoms with E-state index in [1.807, 2.05) is 6.92 Å². The Balaban J connectivity index is 1.87. The number of rotatable bonds is 7. The molecule has 0 radical (unpaired) electrons. The van der Waals surface area contributed by atoms with Gasteiger partial charge in [0.15, 0.2) is 0 Å². The maximum absolute atomic E-state index is 12.5. The predicted octanol–water partition coefficient (Wildman–Crippen LogP) is 2.22. The first-order valence-corrected chi connectivity index (χ1v) is 9.35. The Kier molecular flexibility index (Phi) is 6.47. The van der Waals surface area contributed by atoms with Gasteiger partial charge in [0.2, 0.25) is 5.91 Å². The molecule has 1 aliphatic heterocycles. The molecule has 6 nitrogen and oxygen atoms in total. The van der Waals surface area contributed by atoms with E-state index in [2.05, 4.69) is 31.2 Å². The summed E-state index contributed by atoms with van der Waals surface area (Å²) in [6, 6.07) is 7.24. The average molecular weight is 363 g/mol. The Morgan fingerprint density at radius 2 is 1.84 bits per heavy atom. The highest BCUT2D eigenvalue weighted by molar-refractivity contribution is 7.99. The minimum atomic E-state index is -0.691. The summed E-state index contributed by atoms with van der Waals surface area (Å²) in [5, 5.41) is 0. The van der Waals surface area contributed by atoms with E-state index in [1.54, 1.807) is 23.7 Å². The number of carbonyl (C=O) groups excluding carboxylic acids is 3. The molecule has 2 rings (SSSR count). The van der Waals surface area contributed by atoms with Gasteiger partial charge in [-0.05, 0) is 26.0 Å². The van der Waals surface area contributed by atoms with Gasteiger partial charge < -0.3 is 9.80 Å². The summed E-state index contributed by atoms with van der Waals surface area (Å²) < 4.78 is 0. The number of nitrogens with zero attached hydrogens (tertiary/aromatic N) is 3. The van der Waals surface area contributed by atoms with Crippen LogP contribution in [0, 0.1) is 6.92 Å². The molecule has 4 amide bonds. The average Bonchev–Trinajstić information content (AvgIpc) is 2.78. The monoisotopic (exact) mass is 363 g/mol. The molecule has 0 saturated carbocycles. The second-order valence-corrected chi connectivity index (χ2v) is 7.31. The standard InChI is InChI=1S/C18H25N3O3S/c1-5-21(10-11-25-14-8-6-13(2)7-9-14)16(22)12-15-17(23)20(4)18(24)19(15)3/h6-9,15H,5,10-12H2,1-4H3/t15-/m0/s1. The van der Waals surface area contributed by atoms with Crippen LogP contribution in [0.5, 0.6) is 0 Å². The van der Waals surface area contributed by atoms with Crippen LogP contribution in [0.25, 0.3) is 0 Å². The van der Waals surface area contributed by atoms with Crippen molar-refractivity contribution in [1.82, 2.24) is 14.7 Å². The highest BCUT2D eigenvalue weighted by Crippen LogP contribution is 2.20. The Morgan fingerprint density at radius 3 is 2.36 bits per heavy atom. The third-order valence-electron chi connectivity index (χ3n) is 4.43. The van der Waals surface area contributed by atoms with Crippen LogP contribution in [0.1, 0.15) is 18.9 Å². The SMILES string of the molecule is CCN(CCSc1ccc(C)cc1)C(=O)C[C@H]1C(=O)N(C)C(=O)N1C. The smallest absolute Gasteiger partial charge is 0.326 e. The molecule has 1 aromatic rings. The molecule has 1 aliphatic rings. The number of aryl methyl sites for hydroxylation is 1. The molecule has 0 unspecified atom stereocenters. The first-order valence-electron chi connectivity index (χ1n) is 8.36. The normalized spacial score (nSPS) is 17.4. The lowest BCUT2D eigenvalue weighted by Gasteiger charge is -2.23. The van der Waals surface area contributed by atoms with Crippen molar-refractivity contribution in [3.8, 4) is 0 Å². The minimum Gasteiger partial charge on any atom is -0.342 e. The van der Waals surface area contributed by atoms with E-state index in [1.165, 1.54) is 22.4 Å². The lowest BCUT2D eigenvalue weighted by Crippen LogP contribution is -2.40. The molecule has 1 heterocycles. The van der Waals surface area contributed by atoms with E-state index in [4.69, 9.17) is 0 Å². The second kappa shape index (κ2) is 8.38. The van der Waals surface area contributed by atoms with Crippen molar-refractivity contribution in [3.05, 3.63) is 29.8 Å². The van der Waals surface area contributed by atoms with E-state index in [-0.39, 0.29) is 24.3 Å². The molecule has 0 aromatic heterocycles. The zero-order chi connectivity index (χ0) is 18.6. The van der Waals surface area contributed by atoms with Crippen LogP contribution in [0.15, 0.2) is 29.2 Å². The van der Waals surface area contributed by atoms with Crippen molar-refractivity contribution >= 4 is 29.6 Å². The molecule has 0 N–H and O–H groups in total. The number of carbonyl (C=O) groups is 3. The van der Waals surface area contributed by atoms with E-state index < -0.39 is 6.04 Å². The number of amides is 4. The van der Waals surface area contributed by atoms with Crippen LogP contribution in [-0.4, -0.2) is 71.5 Å². The summed E-state index contributed by atoms with van der Waals surface area (Å²) in [7, 11) is 3.01. The molecule has 0 bridgehead atoms. The summed E-state index contributed by atoms with van der Waals surface area (Å²) in [6.45, 7) is 5.17. The number of imide groups is 1. The van der Waals surface area contributed by atoms with E-state index in [0.717, 1.165) is 10.7 Å². The minimum absolute atomic E-state index is 0.0362. The molecule has 0 spiro atoms. The van der Waals surface area contributed by atoms with Gasteiger partial charge in [-0.3, -0.25) is 14.5 Å². The molecule has 1 saturated heterocycles. The van der Waals surface area contributed by atoms with Gasteiger partial charge in [0.05, 0.1) is 6.42 Å².